The van der Waals surface area contributed by atoms with Crippen LogP contribution in [0.1, 0.15) is 36.4 Å². The first-order valence-electron chi connectivity index (χ1n) is 5.13. The number of carbonyl (C=O) groups is 1. The summed E-state index contributed by atoms with van der Waals surface area (Å²) in [6.07, 6.45) is 1.54. The molecule has 3 N–H and O–H groups in total. The fourth-order valence-electron chi connectivity index (χ4n) is 1.54. The molecule has 1 rings (SSSR count). The zero-order valence-electron chi connectivity index (χ0n) is 8.94. The summed E-state index contributed by atoms with van der Waals surface area (Å²) < 4.78 is 0. The van der Waals surface area contributed by atoms with E-state index in [2.05, 4.69) is 0 Å². The van der Waals surface area contributed by atoms with E-state index in [1.54, 1.807) is 0 Å². The Morgan fingerprint density at radius 3 is 2.87 bits per heavy atom. The van der Waals surface area contributed by atoms with Gasteiger partial charge in [0.15, 0.2) is 0 Å². The molecule has 0 aliphatic carbocycles. The molecule has 3 heteroatoms. The Hall–Kier alpha value is -1.35. The van der Waals surface area contributed by atoms with Crippen molar-refractivity contribution in [2.45, 2.75) is 32.2 Å². The van der Waals surface area contributed by atoms with E-state index in [1.807, 2.05) is 31.2 Å². The van der Waals surface area contributed by atoms with Gasteiger partial charge in [-0.05, 0) is 25.3 Å². The van der Waals surface area contributed by atoms with Crippen molar-refractivity contribution in [3.05, 3.63) is 35.4 Å². The van der Waals surface area contributed by atoms with Crippen molar-refractivity contribution in [2.75, 3.05) is 0 Å². The number of hydrogen-bond acceptors (Lipinski definition) is 2. The van der Waals surface area contributed by atoms with Gasteiger partial charge in [-0.25, -0.2) is 0 Å². The van der Waals surface area contributed by atoms with E-state index >= 15 is 0 Å². The number of benzene rings is 1. The molecule has 0 radical (unpaired) electrons. The lowest BCUT2D eigenvalue weighted by Gasteiger charge is -2.11. The lowest BCUT2D eigenvalue weighted by atomic mass is 10.0. The van der Waals surface area contributed by atoms with Crippen LogP contribution in [0, 0.1) is 6.92 Å². The van der Waals surface area contributed by atoms with Crippen LogP contribution in [-0.2, 0) is 4.79 Å². The van der Waals surface area contributed by atoms with Crippen LogP contribution in [0.3, 0.4) is 0 Å². The van der Waals surface area contributed by atoms with Gasteiger partial charge in [-0.15, -0.1) is 0 Å². The smallest absolute Gasteiger partial charge is 0.303 e. The minimum absolute atomic E-state index is 0.0516. The van der Waals surface area contributed by atoms with E-state index in [4.69, 9.17) is 10.8 Å². The summed E-state index contributed by atoms with van der Waals surface area (Å²) in [5.74, 6) is -0.758. The quantitative estimate of drug-likeness (QED) is 0.778. The second kappa shape index (κ2) is 5.51. The Kier molecular flexibility index (Phi) is 4.31. The number of aryl methyl sites for hydroxylation is 1. The Morgan fingerprint density at radius 2 is 2.27 bits per heavy atom. The summed E-state index contributed by atoms with van der Waals surface area (Å²) in [5, 5.41) is 8.50. The molecule has 0 saturated heterocycles. The van der Waals surface area contributed by atoms with Crippen LogP contribution < -0.4 is 5.73 Å². The fraction of sp³-hybridized carbons (Fsp3) is 0.417. The predicted molar refractivity (Wildman–Crippen MR) is 59.6 cm³/mol. The number of carboxylic acid groups (broad SMARTS) is 1. The summed E-state index contributed by atoms with van der Waals surface area (Å²) >= 11 is 0. The summed E-state index contributed by atoms with van der Waals surface area (Å²) in [4.78, 5) is 10.3. The molecule has 0 aliphatic rings. The van der Waals surface area contributed by atoms with Crippen LogP contribution >= 0.6 is 0 Å². The molecule has 0 fully saturated rings. The van der Waals surface area contributed by atoms with E-state index in [0.29, 0.717) is 6.42 Å². The standard InChI is InChI=1S/C12H17NO2/c1-9-4-2-5-10(8-9)11(13)6-3-7-12(14)15/h2,4-5,8,11H,3,6-7,13H2,1H3,(H,14,15). The summed E-state index contributed by atoms with van der Waals surface area (Å²) in [7, 11) is 0. The van der Waals surface area contributed by atoms with Gasteiger partial charge in [0.1, 0.15) is 0 Å². The lowest BCUT2D eigenvalue weighted by Crippen LogP contribution is -2.11. The van der Waals surface area contributed by atoms with Gasteiger partial charge < -0.3 is 10.8 Å². The summed E-state index contributed by atoms with van der Waals surface area (Å²) in [5.41, 5.74) is 8.22. The molecule has 0 heterocycles. The predicted octanol–water partition coefficient (Wildman–Crippen LogP) is 2.25. The van der Waals surface area contributed by atoms with Crippen molar-refractivity contribution in [2.24, 2.45) is 5.73 Å². The number of rotatable bonds is 5. The van der Waals surface area contributed by atoms with Crippen LogP contribution in [0.25, 0.3) is 0 Å². The van der Waals surface area contributed by atoms with Crippen molar-refractivity contribution < 1.29 is 9.90 Å². The van der Waals surface area contributed by atoms with E-state index in [-0.39, 0.29) is 12.5 Å². The lowest BCUT2D eigenvalue weighted by molar-refractivity contribution is -0.137. The number of aliphatic carboxylic acids is 1. The van der Waals surface area contributed by atoms with Crippen molar-refractivity contribution >= 4 is 5.97 Å². The third kappa shape index (κ3) is 4.13. The van der Waals surface area contributed by atoms with Crippen LogP contribution in [0.5, 0.6) is 0 Å². The molecule has 0 amide bonds. The Bertz CT molecular complexity index is 336. The zero-order chi connectivity index (χ0) is 11.3. The van der Waals surface area contributed by atoms with E-state index < -0.39 is 5.97 Å². The number of carboxylic acids is 1. The van der Waals surface area contributed by atoms with Crippen molar-refractivity contribution in [1.29, 1.82) is 0 Å². The van der Waals surface area contributed by atoms with Gasteiger partial charge >= 0.3 is 5.97 Å². The largest absolute Gasteiger partial charge is 0.481 e. The Balaban J connectivity index is 2.46. The average molecular weight is 207 g/mol. The number of nitrogens with two attached hydrogens (primary N) is 1. The van der Waals surface area contributed by atoms with Gasteiger partial charge in [-0.2, -0.15) is 0 Å². The van der Waals surface area contributed by atoms with E-state index in [0.717, 1.165) is 12.0 Å². The molecule has 82 valence electrons. The average Bonchev–Trinajstić information content (AvgIpc) is 2.17. The second-order valence-electron chi connectivity index (χ2n) is 3.81. The highest BCUT2D eigenvalue weighted by molar-refractivity contribution is 5.66. The van der Waals surface area contributed by atoms with Crippen LogP contribution in [0.2, 0.25) is 0 Å². The summed E-state index contributed by atoms with van der Waals surface area (Å²) in [6.45, 7) is 2.02. The molecule has 0 spiro atoms. The topological polar surface area (TPSA) is 63.3 Å². The fourth-order valence-corrected chi connectivity index (χ4v) is 1.54. The maximum absolute atomic E-state index is 10.3. The van der Waals surface area contributed by atoms with Gasteiger partial charge in [-0.1, -0.05) is 29.8 Å². The Labute approximate surface area is 89.9 Å². The third-order valence-corrected chi connectivity index (χ3v) is 2.38. The van der Waals surface area contributed by atoms with Crippen molar-refractivity contribution in [3.8, 4) is 0 Å². The molecule has 15 heavy (non-hydrogen) atoms. The second-order valence-corrected chi connectivity index (χ2v) is 3.81. The van der Waals surface area contributed by atoms with Gasteiger partial charge in [0, 0.05) is 12.5 Å². The molecule has 1 unspecified atom stereocenters. The van der Waals surface area contributed by atoms with Crippen molar-refractivity contribution in [3.63, 3.8) is 0 Å². The summed E-state index contributed by atoms with van der Waals surface area (Å²) in [6, 6.07) is 7.98. The first-order chi connectivity index (χ1) is 7.09. The minimum atomic E-state index is -0.758. The Morgan fingerprint density at radius 1 is 1.53 bits per heavy atom. The van der Waals surface area contributed by atoms with E-state index in [9.17, 15) is 4.79 Å². The highest BCUT2D eigenvalue weighted by Gasteiger charge is 2.06. The highest BCUT2D eigenvalue weighted by Crippen LogP contribution is 2.17. The molecule has 1 aromatic carbocycles. The molecule has 0 aromatic heterocycles. The minimum Gasteiger partial charge on any atom is -0.481 e. The van der Waals surface area contributed by atoms with Gasteiger partial charge in [-0.3, -0.25) is 4.79 Å². The van der Waals surface area contributed by atoms with Crippen LogP contribution in [0.15, 0.2) is 24.3 Å². The first kappa shape index (κ1) is 11.7. The molecule has 0 bridgehead atoms. The van der Waals surface area contributed by atoms with Crippen LogP contribution in [-0.4, -0.2) is 11.1 Å². The first-order valence-corrected chi connectivity index (χ1v) is 5.13. The van der Waals surface area contributed by atoms with Crippen molar-refractivity contribution in [1.82, 2.24) is 0 Å². The molecule has 0 aliphatic heterocycles. The number of hydrogen-bond donors (Lipinski definition) is 2. The van der Waals surface area contributed by atoms with Gasteiger partial charge in [0.25, 0.3) is 0 Å². The van der Waals surface area contributed by atoms with Crippen LogP contribution in [0.4, 0.5) is 0 Å². The maximum atomic E-state index is 10.3. The normalized spacial score (nSPS) is 12.4. The molecule has 3 nitrogen and oxygen atoms in total. The third-order valence-electron chi connectivity index (χ3n) is 2.38. The monoisotopic (exact) mass is 207 g/mol. The van der Waals surface area contributed by atoms with Gasteiger partial charge in [0.2, 0.25) is 0 Å². The van der Waals surface area contributed by atoms with E-state index in [1.165, 1.54) is 5.56 Å². The zero-order valence-corrected chi connectivity index (χ0v) is 8.94. The molecular formula is C12H17NO2. The maximum Gasteiger partial charge on any atom is 0.303 e. The SMILES string of the molecule is Cc1cccc(C(N)CCCC(=O)O)c1. The molecule has 1 atom stereocenters. The highest BCUT2D eigenvalue weighted by atomic mass is 16.4. The molecule has 0 saturated carbocycles. The van der Waals surface area contributed by atoms with Gasteiger partial charge in [0.05, 0.1) is 0 Å². The molecular weight excluding hydrogens is 190 g/mol. The molecule has 1 aromatic rings.